The number of rotatable bonds is 4. The van der Waals surface area contributed by atoms with Gasteiger partial charge in [-0.15, -0.1) is 0 Å². The van der Waals surface area contributed by atoms with Gasteiger partial charge >= 0.3 is 5.97 Å². The molecule has 0 saturated heterocycles. The first-order valence-corrected chi connectivity index (χ1v) is 8.14. The Morgan fingerprint density at radius 2 is 2.11 bits per heavy atom. The highest BCUT2D eigenvalue weighted by atomic mass is 32.2. The highest BCUT2D eigenvalue weighted by Gasteiger charge is 2.24. The summed E-state index contributed by atoms with van der Waals surface area (Å²) in [5.41, 5.74) is 0.964. The van der Waals surface area contributed by atoms with Crippen molar-refractivity contribution in [3.8, 4) is 0 Å². The predicted octanol–water partition coefficient (Wildman–Crippen LogP) is 3.21. The fraction of sp³-hybridized carbons (Fsp3) is 0.533. The van der Waals surface area contributed by atoms with E-state index in [4.69, 9.17) is 5.11 Å². The van der Waals surface area contributed by atoms with Crippen LogP contribution >= 0.6 is 0 Å². The quantitative estimate of drug-likeness (QED) is 0.921. The smallest absolute Gasteiger partial charge is 0.335 e. The molecule has 0 radical (unpaired) electrons. The third-order valence-electron chi connectivity index (χ3n) is 3.81. The number of aromatic carboxylic acids is 1. The van der Waals surface area contributed by atoms with E-state index >= 15 is 0 Å². The summed E-state index contributed by atoms with van der Waals surface area (Å²) >= 11 is 0. The van der Waals surface area contributed by atoms with Crippen LogP contribution in [-0.4, -0.2) is 20.5 Å². The Balaban J connectivity index is 2.08. The van der Waals surface area contributed by atoms with Crippen molar-refractivity contribution in [3.05, 3.63) is 35.4 Å². The monoisotopic (exact) mass is 280 g/mol. The van der Waals surface area contributed by atoms with Crippen LogP contribution in [0.4, 0.5) is 0 Å². The number of carboxylic acid groups (broad SMARTS) is 1. The zero-order valence-electron chi connectivity index (χ0n) is 11.2. The largest absolute Gasteiger partial charge is 0.478 e. The Kier molecular flexibility index (Phi) is 4.75. The molecule has 1 aromatic carbocycles. The molecule has 19 heavy (non-hydrogen) atoms. The van der Waals surface area contributed by atoms with Crippen LogP contribution in [0.15, 0.2) is 24.3 Å². The minimum Gasteiger partial charge on any atom is -0.478 e. The van der Waals surface area contributed by atoms with E-state index in [0.29, 0.717) is 17.2 Å². The van der Waals surface area contributed by atoms with Crippen molar-refractivity contribution in [1.29, 1.82) is 0 Å². The molecular weight excluding hydrogens is 260 g/mol. The molecule has 2 rings (SSSR count). The lowest BCUT2D eigenvalue weighted by atomic mass is 9.91. The normalized spacial score (nSPS) is 24.9. The van der Waals surface area contributed by atoms with Gasteiger partial charge in [-0.1, -0.05) is 38.0 Å². The van der Waals surface area contributed by atoms with Gasteiger partial charge in [0, 0.05) is 21.8 Å². The van der Waals surface area contributed by atoms with E-state index in [0.717, 1.165) is 19.3 Å². The lowest BCUT2D eigenvalue weighted by Gasteiger charge is -2.26. The Hall–Kier alpha value is -1.16. The molecule has 1 saturated carbocycles. The lowest BCUT2D eigenvalue weighted by molar-refractivity contribution is 0.0696. The van der Waals surface area contributed by atoms with Crippen LogP contribution in [0.5, 0.6) is 0 Å². The highest BCUT2D eigenvalue weighted by molar-refractivity contribution is 7.84. The van der Waals surface area contributed by atoms with Crippen molar-refractivity contribution in [2.45, 2.75) is 43.6 Å². The minimum absolute atomic E-state index is 0.227. The number of carbonyl (C=O) groups is 1. The van der Waals surface area contributed by atoms with E-state index in [9.17, 15) is 9.00 Å². The predicted molar refractivity (Wildman–Crippen MR) is 76.7 cm³/mol. The van der Waals surface area contributed by atoms with Gasteiger partial charge in [0.2, 0.25) is 0 Å². The third kappa shape index (κ3) is 3.66. The van der Waals surface area contributed by atoms with Crippen molar-refractivity contribution in [2.24, 2.45) is 5.92 Å². The van der Waals surface area contributed by atoms with Crippen LogP contribution in [0.25, 0.3) is 0 Å². The lowest BCUT2D eigenvalue weighted by Crippen LogP contribution is -2.24. The number of hydrogen-bond donors (Lipinski definition) is 1. The molecule has 0 spiro atoms. The van der Waals surface area contributed by atoms with E-state index < -0.39 is 16.8 Å². The molecule has 3 nitrogen and oxygen atoms in total. The SMILES string of the molecule is CC1CCCC(S(=O)Cc2ccccc2C(=O)O)C1. The van der Waals surface area contributed by atoms with Crippen LogP contribution in [0.3, 0.4) is 0 Å². The molecule has 3 unspecified atom stereocenters. The molecule has 1 fully saturated rings. The van der Waals surface area contributed by atoms with E-state index in [1.165, 1.54) is 6.42 Å². The summed E-state index contributed by atoms with van der Waals surface area (Å²) in [6, 6.07) is 6.87. The van der Waals surface area contributed by atoms with E-state index in [-0.39, 0.29) is 10.8 Å². The summed E-state index contributed by atoms with van der Waals surface area (Å²) in [5, 5.41) is 9.36. The average Bonchev–Trinajstić information content (AvgIpc) is 2.39. The Labute approximate surface area is 116 Å². The van der Waals surface area contributed by atoms with Crippen molar-refractivity contribution in [2.75, 3.05) is 0 Å². The topological polar surface area (TPSA) is 54.4 Å². The van der Waals surface area contributed by atoms with Crippen LogP contribution in [0.2, 0.25) is 0 Å². The molecule has 1 aliphatic carbocycles. The van der Waals surface area contributed by atoms with Gasteiger partial charge in [0.05, 0.1) is 5.56 Å². The Morgan fingerprint density at radius 1 is 1.37 bits per heavy atom. The molecule has 3 atom stereocenters. The molecular formula is C15H20O3S. The van der Waals surface area contributed by atoms with Gasteiger partial charge in [0.15, 0.2) is 0 Å². The molecule has 0 bridgehead atoms. The standard InChI is InChI=1S/C15H20O3S/c1-11-5-4-7-13(9-11)19(18)10-12-6-2-3-8-14(12)15(16)17/h2-3,6,8,11,13H,4-5,7,9-10H2,1H3,(H,16,17). The summed E-state index contributed by atoms with van der Waals surface area (Å²) in [4.78, 5) is 11.1. The Bertz CT molecular complexity index is 484. The van der Waals surface area contributed by atoms with Gasteiger partial charge in [0.25, 0.3) is 0 Å². The van der Waals surface area contributed by atoms with Gasteiger partial charge in [-0.2, -0.15) is 0 Å². The molecule has 0 aliphatic heterocycles. The molecule has 1 N–H and O–H groups in total. The first-order chi connectivity index (χ1) is 9.08. The summed E-state index contributed by atoms with van der Waals surface area (Å²) in [5.74, 6) is 0.0573. The van der Waals surface area contributed by atoms with Crippen LogP contribution in [0, 0.1) is 5.92 Å². The highest BCUT2D eigenvalue weighted by Crippen LogP contribution is 2.28. The van der Waals surface area contributed by atoms with Crippen LogP contribution in [0.1, 0.15) is 48.5 Å². The Morgan fingerprint density at radius 3 is 2.79 bits per heavy atom. The number of hydrogen-bond acceptors (Lipinski definition) is 2. The molecule has 0 heterocycles. The first-order valence-electron chi connectivity index (χ1n) is 6.76. The molecule has 104 valence electrons. The summed E-state index contributed by atoms with van der Waals surface area (Å²) < 4.78 is 12.4. The summed E-state index contributed by atoms with van der Waals surface area (Å²) in [6.07, 6.45) is 4.37. The third-order valence-corrected chi connectivity index (χ3v) is 5.57. The van der Waals surface area contributed by atoms with Gasteiger partial charge in [-0.3, -0.25) is 4.21 Å². The van der Waals surface area contributed by atoms with Crippen molar-refractivity contribution >= 4 is 16.8 Å². The zero-order chi connectivity index (χ0) is 13.8. The van der Waals surface area contributed by atoms with Gasteiger partial charge in [0.1, 0.15) is 0 Å². The van der Waals surface area contributed by atoms with E-state index in [1.54, 1.807) is 18.2 Å². The molecule has 0 aromatic heterocycles. The summed E-state index contributed by atoms with van der Waals surface area (Å²) in [6.45, 7) is 2.20. The van der Waals surface area contributed by atoms with E-state index in [2.05, 4.69) is 6.92 Å². The van der Waals surface area contributed by atoms with Crippen LogP contribution < -0.4 is 0 Å². The minimum atomic E-state index is -0.968. The van der Waals surface area contributed by atoms with Crippen molar-refractivity contribution in [3.63, 3.8) is 0 Å². The second kappa shape index (κ2) is 6.33. The maximum absolute atomic E-state index is 12.4. The van der Waals surface area contributed by atoms with Gasteiger partial charge in [-0.05, 0) is 30.4 Å². The number of carboxylic acids is 1. The van der Waals surface area contributed by atoms with Crippen molar-refractivity contribution < 1.29 is 14.1 Å². The molecule has 0 amide bonds. The molecule has 1 aromatic rings. The zero-order valence-corrected chi connectivity index (χ0v) is 12.0. The van der Waals surface area contributed by atoms with Gasteiger partial charge < -0.3 is 5.11 Å². The first kappa shape index (κ1) is 14.3. The van der Waals surface area contributed by atoms with Gasteiger partial charge in [-0.25, -0.2) is 4.79 Å². The maximum Gasteiger partial charge on any atom is 0.335 e. The fourth-order valence-electron chi connectivity index (χ4n) is 2.74. The second-order valence-electron chi connectivity index (χ2n) is 5.38. The van der Waals surface area contributed by atoms with E-state index in [1.807, 2.05) is 6.07 Å². The molecule has 1 aliphatic rings. The summed E-state index contributed by atoms with van der Waals surface area (Å²) in [7, 11) is -0.968. The maximum atomic E-state index is 12.4. The fourth-order valence-corrected chi connectivity index (χ4v) is 4.51. The molecule has 4 heteroatoms. The van der Waals surface area contributed by atoms with Crippen molar-refractivity contribution in [1.82, 2.24) is 0 Å². The average molecular weight is 280 g/mol. The number of benzene rings is 1. The van der Waals surface area contributed by atoms with Crippen LogP contribution in [-0.2, 0) is 16.6 Å². The second-order valence-corrected chi connectivity index (χ2v) is 7.10.